The molecule has 0 radical (unpaired) electrons. The number of thiocarbonyl (C=S) groups is 1. The van der Waals surface area contributed by atoms with Crippen LogP contribution in [-0.4, -0.2) is 44.5 Å². The van der Waals surface area contributed by atoms with Gasteiger partial charge in [0.25, 0.3) is 0 Å². The van der Waals surface area contributed by atoms with E-state index in [1.807, 2.05) is 6.07 Å². The number of nitrogens with zero attached hydrogens (tertiary/aromatic N) is 2. The van der Waals surface area contributed by atoms with Crippen LogP contribution in [0.15, 0.2) is 22.6 Å². The molecule has 1 amide bonds. The Morgan fingerprint density at radius 2 is 2.07 bits per heavy atom. The van der Waals surface area contributed by atoms with E-state index in [0.717, 1.165) is 31.2 Å². The number of amides is 1. The van der Waals surface area contributed by atoms with Gasteiger partial charge in [-0.1, -0.05) is 32.8 Å². The average Bonchev–Trinajstić information content (AvgIpc) is 3.51. The van der Waals surface area contributed by atoms with E-state index >= 15 is 0 Å². The summed E-state index contributed by atoms with van der Waals surface area (Å²) in [5, 5.41) is 3.38. The highest BCUT2D eigenvalue weighted by Crippen LogP contribution is 2.51. The molecule has 1 saturated carbocycles. The van der Waals surface area contributed by atoms with Crippen molar-refractivity contribution in [2.24, 2.45) is 4.36 Å². The van der Waals surface area contributed by atoms with E-state index < -0.39 is 15.9 Å². The largest absolute Gasteiger partial charge is 0.494 e. The molecule has 160 valence electrons. The van der Waals surface area contributed by atoms with E-state index in [2.05, 4.69) is 23.5 Å². The van der Waals surface area contributed by atoms with Gasteiger partial charge in [0.05, 0.1) is 12.5 Å². The lowest BCUT2D eigenvalue weighted by Gasteiger charge is -2.34. The molecular formula is C20H29N3O4S2. The van der Waals surface area contributed by atoms with Crippen LogP contribution in [0.25, 0.3) is 0 Å². The minimum absolute atomic E-state index is 0.0245. The fourth-order valence-electron chi connectivity index (χ4n) is 3.62. The second-order valence-electron chi connectivity index (χ2n) is 7.21. The first-order chi connectivity index (χ1) is 13.8. The molecule has 0 aliphatic heterocycles. The number of methoxy groups -OCH3 is 1. The van der Waals surface area contributed by atoms with Gasteiger partial charge in [-0.3, -0.25) is 9.69 Å². The molecule has 2 rings (SSSR count). The second kappa shape index (κ2) is 10.2. The summed E-state index contributed by atoms with van der Waals surface area (Å²) in [5.41, 5.74) is 0.224. The van der Waals surface area contributed by atoms with Crippen molar-refractivity contribution in [1.82, 2.24) is 10.2 Å². The van der Waals surface area contributed by atoms with Gasteiger partial charge in [0.1, 0.15) is 11.4 Å². The number of carbonyl (C=O) groups excluding carboxylic acids is 1. The Bertz CT molecular complexity index is 887. The number of nitrogens with one attached hydrogen (secondary N) is 1. The molecule has 0 heterocycles. The quantitative estimate of drug-likeness (QED) is 0.590. The molecular weight excluding hydrogens is 410 g/mol. The predicted molar refractivity (Wildman–Crippen MR) is 117 cm³/mol. The summed E-state index contributed by atoms with van der Waals surface area (Å²) in [6.45, 7) is 4.19. The van der Waals surface area contributed by atoms with Gasteiger partial charge in [-0.2, -0.15) is 8.42 Å². The van der Waals surface area contributed by atoms with E-state index in [4.69, 9.17) is 17.0 Å². The normalized spacial score (nSPS) is 15.2. The lowest BCUT2D eigenvalue weighted by atomic mass is 9.92. The van der Waals surface area contributed by atoms with Gasteiger partial charge in [0.2, 0.25) is 5.91 Å². The smallest absolute Gasteiger partial charge is 0.316 e. The molecule has 1 atom stereocenters. The van der Waals surface area contributed by atoms with E-state index in [1.165, 1.54) is 7.11 Å². The van der Waals surface area contributed by atoms with Gasteiger partial charge >= 0.3 is 10.5 Å². The van der Waals surface area contributed by atoms with Gasteiger partial charge in [-0.05, 0) is 55.6 Å². The molecule has 29 heavy (non-hydrogen) atoms. The van der Waals surface area contributed by atoms with Crippen molar-refractivity contribution in [1.29, 1.82) is 0 Å². The van der Waals surface area contributed by atoms with E-state index in [1.54, 1.807) is 24.1 Å². The first kappa shape index (κ1) is 23.3. The monoisotopic (exact) mass is 439 g/mol. The van der Waals surface area contributed by atoms with Crippen molar-refractivity contribution in [2.45, 2.75) is 63.8 Å². The molecule has 1 aliphatic carbocycles. The topological polar surface area (TPSA) is 88.1 Å². The molecule has 1 N–H and O–H groups in total. The van der Waals surface area contributed by atoms with Gasteiger partial charge in [-0.25, -0.2) is 0 Å². The highest BCUT2D eigenvalue weighted by Gasteiger charge is 2.54. The van der Waals surface area contributed by atoms with Crippen molar-refractivity contribution < 1.29 is 17.9 Å². The lowest BCUT2D eigenvalue weighted by Crippen LogP contribution is -2.52. The predicted octanol–water partition coefficient (Wildman–Crippen LogP) is 3.72. The summed E-state index contributed by atoms with van der Waals surface area (Å²) >= 11 is 5.49. The first-order valence-electron chi connectivity index (χ1n) is 9.89. The number of benzene rings is 1. The Hall–Kier alpha value is -2.00. The van der Waals surface area contributed by atoms with Crippen LogP contribution in [0.3, 0.4) is 0 Å². The van der Waals surface area contributed by atoms with Crippen molar-refractivity contribution in [3.8, 4) is 5.75 Å². The van der Waals surface area contributed by atoms with Gasteiger partial charge < -0.3 is 10.1 Å². The van der Waals surface area contributed by atoms with Crippen LogP contribution in [0.4, 0.5) is 5.69 Å². The zero-order chi connectivity index (χ0) is 21.6. The third kappa shape index (κ3) is 5.14. The summed E-state index contributed by atoms with van der Waals surface area (Å²) in [5.74, 6) is 0.303. The Morgan fingerprint density at radius 3 is 2.55 bits per heavy atom. The van der Waals surface area contributed by atoms with Crippen LogP contribution < -0.4 is 10.1 Å². The second-order valence-corrected chi connectivity index (χ2v) is 8.22. The van der Waals surface area contributed by atoms with Crippen LogP contribution in [0.5, 0.6) is 5.75 Å². The number of unbranched alkanes of at least 4 members (excludes halogenated alkanes) is 1. The maximum Gasteiger partial charge on any atom is 0.316 e. The average molecular weight is 440 g/mol. The molecule has 0 aromatic heterocycles. The molecule has 7 nitrogen and oxygen atoms in total. The Balaban J connectivity index is 2.46. The number of rotatable bonds is 9. The summed E-state index contributed by atoms with van der Waals surface area (Å²) in [6, 6.07) is 5.12. The molecule has 1 aliphatic rings. The van der Waals surface area contributed by atoms with Crippen LogP contribution in [0.1, 0.15) is 57.9 Å². The highest BCUT2D eigenvalue weighted by molar-refractivity contribution is 7.80. The number of ether oxygens (including phenoxy) is 1. The van der Waals surface area contributed by atoms with E-state index in [0.29, 0.717) is 23.7 Å². The van der Waals surface area contributed by atoms with Crippen LogP contribution >= 0.6 is 12.2 Å². The lowest BCUT2D eigenvalue weighted by molar-refractivity contribution is -0.132. The van der Waals surface area contributed by atoms with Crippen LogP contribution in [0, 0.1) is 0 Å². The van der Waals surface area contributed by atoms with E-state index in [9.17, 15) is 13.2 Å². The van der Waals surface area contributed by atoms with E-state index in [-0.39, 0.29) is 17.6 Å². The zero-order valence-corrected chi connectivity index (χ0v) is 19.0. The fourth-order valence-corrected chi connectivity index (χ4v) is 4.16. The Kier molecular flexibility index (Phi) is 8.15. The standard InChI is InChI=1S/C20H29N3O4S2/c1-5-7-8-15(6-2)23(19(28)21-3)18(24)20(11-12-20)14-9-10-17(27-4)16(13-14)22-29(25)26/h9-10,13,15H,5-8,11-12H2,1-4H3,(H,21,28). The minimum Gasteiger partial charge on any atom is -0.494 e. The molecule has 1 unspecified atom stereocenters. The summed E-state index contributed by atoms with van der Waals surface area (Å²) in [4.78, 5) is 15.4. The third-order valence-electron chi connectivity index (χ3n) is 5.44. The molecule has 0 bridgehead atoms. The summed E-state index contributed by atoms with van der Waals surface area (Å²) < 4.78 is 31.0. The van der Waals surface area contributed by atoms with Crippen molar-refractivity contribution >= 4 is 39.4 Å². The summed E-state index contributed by atoms with van der Waals surface area (Å²) in [7, 11) is 0.561. The maximum atomic E-state index is 13.7. The van der Waals surface area contributed by atoms with Crippen LogP contribution in [-0.2, 0) is 20.7 Å². The molecule has 9 heteroatoms. The molecule has 1 fully saturated rings. The Morgan fingerprint density at radius 1 is 1.38 bits per heavy atom. The zero-order valence-electron chi connectivity index (χ0n) is 17.4. The summed E-state index contributed by atoms with van der Waals surface area (Å²) in [6.07, 6.45) is 5.13. The van der Waals surface area contributed by atoms with Crippen molar-refractivity contribution in [3.05, 3.63) is 23.8 Å². The van der Waals surface area contributed by atoms with Crippen molar-refractivity contribution in [3.63, 3.8) is 0 Å². The third-order valence-corrected chi connectivity index (χ3v) is 6.19. The van der Waals surface area contributed by atoms with Gasteiger partial charge in [0, 0.05) is 13.1 Å². The van der Waals surface area contributed by atoms with Gasteiger partial charge in [0.15, 0.2) is 5.11 Å². The number of carbonyl (C=O) groups is 1. The molecule has 1 aromatic carbocycles. The van der Waals surface area contributed by atoms with Crippen molar-refractivity contribution in [2.75, 3.05) is 14.2 Å². The maximum absolute atomic E-state index is 13.7. The SMILES string of the molecule is CCCCC(CC)N(C(=O)C1(c2ccc(OC)c(N=S(=O)=O)c2)CC1)C(=S)NC. The van der Waals surface area contributed by atoms with Gasteiger partial charge in [-0.15, -0.1) is 4.36 Å². The molecule has 0 spiro atoms. The minimum atomic E-state index is -2.62. The highest BCUT2D eigenvalue weighted by atomic mass is 32.2. The fraction of sp³-hybridized carbons (Fsp3) is 0.600. The number of hydrogen-bond donors (Lipinski definition) is 1. The Labute approximate surface area is 179 Å². The number of hydrogen-bond acceptors (Lipinski definition) is 6. The first-order valence-corrected chi connectivity index (χ1v) is 11.3. The molecule has 0 saturated heterocycles. The molecule has 1 aromatic rings. The van der Waals surface area contributed by atoms with Crippen LogP contribution in [0.2, 0.25) is 0 Å².